The van der Waals surface area contributed by atoms with Crippen LogP contribution in [0.15, 0.2) is 0 Å². The molecular formula is C8H13F2NO4. The largest absolute Gasteiger partial charge is 0.456 e. The Hall–Kier alpha value is -0.790. The molecule has 0 amide bonds. The summed E-state index contributed by atoms with van der Waals surface area (Å²) in [6.07, 6.45) is -1.57. The van der Waals surface area contributed by atoms with Crippen LogP contribution in [0.1, 0.15) is 6.42 Å². The maximum absolute atomic E-state index is 12.7. The highest BCUT2D eigenvalue weighted by molar-refractivity contribution is 5.79. The van der Waals surface area contributed by atoms with E-state index in [0.29, 0.717) is 0 Å². The summed E-state index contributed by atoms with van der Waals surface area (Å²) < 4.78 is 29.8. The second-order valence-corrected chi connectivity index (χ2v) is 3.41. The van der Waals surface area contributed by atoms with Crippen molar-refractivity contribution in [2.24, 2.45) is 0 Å². The number of carbonyl (C=O) groups excluding carboxylic acids is 1. The molecule has 0 aliphatic carbocycles. The normalized spacial score (nSPS) is 24.6. The van der Waals surface area contributed by atoms with Crippen molar-refractivity contribution in [3.8, 4) is 0 Å². The van der Waals surface area contributed by atoms with E-state index in [2.05, 4.69) is 10.1 Å². The molecule has 7 heteroatoms. The molecule has 15 heavy (non-hydrogen) atoms. The summed E-state index contributed by atoms with van der Waals surface area (Å²) in [6.45, 7) is -0.631. The summed E-state index contributed by atoms with van der Waals surface area (Å²) in [5, 5.41) is 20.0. The van der Waals surface area contributed by atoms with Gasteiger partial charge in [0.1, 0.15) is 6.10 Å². The molecular weight excluding hydrogens is 212 g/mol. The average molecular weight is 225 g/mol. The van der Waals surface area contributed by atoms with Crippen LogP contribution in [0.2, 0.25) is 0 Å². The Balaban J connectivity index is 2.33. The van der Waals surface area contributed by atoms with Gasteiger partial charge in [0.05, 0.1) is 25.7 Å². The molecule has 3 N–H and O–H groups in total. The number of cyclic esters (lactones) is 1. The van der Waals surface area contributed by atoms with Crippen molar-refractivity contribution in [2.45, 2.75) is 24.5 Å². The summed E-state index contributed by atoms with van der Waals surface area (Å²) in [5.74, 6) is -4.93. The fraction of sp³-hybridized carbons (Fsp3) is 0.875. The van der Waals surface area contributed by atoms with Crippen LogP contribution in [-0.2, 0) is 9.53 Å². The lowest BCUT2D eigenvalue weighted by atomic mass is 10.2. The predicted molar refractivity (Wildman–Crippen MR) is 45.4 cm³/mol. The van der Waals surface area contributed by atoms with Gasteiger partial charge in [-0.25, -0.2) is 4.79 Å². The first-order valence-corrected chi connectivity index (χ1v) is 4.53. The molecule has 1 fully saturated rings. The molecule has 1 aliphatic rings. The number of nitrogens with one attached hydrogen (secondary N) is 1. The monoisotopic (exact) mass is 225 g/mol. The van der Waals surface area contributed by atoms with Gasteiger partial charge in [-0.2, -0.15) is 8.78 Å². The highest BCUT2D eigenvalue weighted by atomic mass is 19.3. The van der Waals surface area contributed by atoms with Gasteiger partial charge in [-0.3, -0.25) is 0 Å². The minimum absolute atomic E-state index is 0.00683. The second kappa shape index (κ2) is 4.82. The van der Waals surface area contributed by atoms with Gasteiger partial charge in [-0.15, -0.1) is 0 Å². The average Bonchev–Trinajstić information content (AvgIpc) is 2.42. The Labute approximate surface area is 85.0 Å². The zero-order chi connectivity index (χ0) is 11.5. The molecule has 0 radical (unpaired) electrons. The first-order valence-electron chi connectivity index (χ1n) is 4.53. The number of aliphatic hydroxyl groups excluding tert-OH is 2. The molecule has 1 aliphatic heterocycles. The van der Waals surface area contributed by atoms with Crippen molar-refractivity contribution in [1.29, 1.82) is 0 Å². The molecule has 1 atom stereocenters. The Morgan fingerprint density at radius 3 is 2.53 bits per heavy atom. The first-order chi connectivity index (χ1) is 6.99. The van der Waals surface area contributed by atoms with E-state index in [-0.39, 0.29) is 19.8 Å². The van der Waals surface area contributed by atoms with Gasteiger partial charge in [0.25, 0.3) is 0 Å². The van der Waals surface area contributed by atoms with Gasteiger partial charge < -0.3 is 20.3 Å². The van der Waals surface area contributed by atoms with Crippen LogP contribution in [0, 0.1) is 0 Å². The number of hydrogen-bond acceptors (Lipinski definition) is 5. The number of esters is 1. The van der Waals surface area contributed by atoms with Crippen LogP contribution in [0.4, 0.5) is 8.78 Å². The minimum atomic E-state index is -3.42. The molecule has 1 saturated heterocycles. The van der Waals surface area contributed by atoms with Crippen LogP contribution in [0.25, 0.3) is 0 Å². The lowest BCUT2D eigenvalue weighted by Gasteiger charge is -2.15. The number of hydrogen-bond donors (Lipinski definition) is 3. The number of halogens is 2. The van der Waals surface area contributed by atoms with E-state index in [0.717, 1.165) is 0 Å². The Morgan fingerprint density at radius 2 is 2.13 bits per heavy atom. The molecule has 0 aromatic carbocycles. The summed E-state index contributed by atoms with van der Waals surface area (Å²) >= 11 is 0. The maximum atomic E-state index is 12.7. The minimum Gasteiger partial charge on any atom is -0.456 e. The quantitative estimate of drug-likeness (QED) is 0.516. The predicted octanol–water partition coefficient (Wildman–Crippen LogP) is -1.12. The highest BCUT2D eigenvalue weighted by Crippen LogP contribution is 2.30. The van der Waals surface area contributed by atoms with Crippen LogP contribution in [0.5, 0.6) is 0 Å². The van der Waals surface area contributed by atoms with Gasteiger partial charge >= 0.3 is 11.9 Å². The molecule has 0 aromatic heterocycles. The molecule has 1 rings (SSSR count). The van der Waals surface area contributed by atoms with Gasteiger partial charge in [0.2, 0.25) is 0 Å². The fourth-order valence-corrected chi connectivity index (χ4v) is 1.25. The van der Waals surface area contributed by atoms with Crippen LogP contribution < -0.4 is 5.32 Å². The topological polar surface area (TPSA) is 78.8 Å². The lowest BCUT2D eigenvalue weighted by Crippen LogP contribution is -2.40. The van der Waals surface area contributed by atoms with Gasteiger partial charge in [0.15, 0.2) is 0 Å². The van der Waals surface area contributed by atoms with Gasteiger partial charge in [0, 0.05) is 6.54 Å². The van der Waals surface area contributed by atoms with Crippen molar-refractivity contribution >= 4 is 5.97 Å². The van der Waals surface area contributed by atoms with E-state index in [4.69, 9.17) is 10.2 Å². The maximum Gasteiger partial charge on any atom is 0.377 e. The highest BCUT2D eigenvalue weighted by Gasteiger charge is 2.50. The summed E-state index contributed by atoms with van der Waals surface area (Å²) in [5.41, 5.74) is 0. The van der Waals surface area contributed by atoms with E-state index >= 15 is 0 Å². The summed E-state index contributed by atoms with van der Waals surface area (Å²) in [6, 6.07) is -0.585. The Bertz CT molecular complexity index is 233. The van der Waals surface area contributed by atoms with E-state index in [1.807, 2.05) is 0 Å². The Kier molecular flexibility index (Phi) is 3.95. The smallest absolute Gasteiger partial charge is 0.377 e. The fourth-order valence-electron chi connectivity index (χ4n) is 1.25. The zero-order valence-corrected chi connectivity index (χ0v) is 7.95. The SMILES string of the molecule is O=C1OC(CNC(CO)CO)CC1(F)F. The van der Waals surface area contributed by atoms with Crippen LogP contribution >= 0.6 is 0 Å². The summed E-state index contributed by atoms with van der Waals surface area (Å²) in [4.78, 5) is 10.6. The van der Waals surface area contributed by atoms with Crippen molar-refractivity contribution in [2.75, 3.05) is 19.8 Å². The third kappa shape index (κ3) is 3.08. The third-order valence-electron chi connectivity index (χ3n) is 2.13. The summed E-state index contributed by atoms with van der Waals surface area (Å²) in [7, 11) is 0. The first kappa shape index (κ1) is 12.3. The molecule has 1 heterocycles. The lowest BCUT2D eigenvalue weighted by molar-refractivity contribution is -0.159. The zero-order valence-electron chi connectivity index (χ0n) is 7.95. The molecule has 0 saturated carbocycles. The van der Waals surface area contributed by atoms with Crippen molar-refractivity contribution in [1.82, 2.24) is 5.32 Å². The third-order valence-corrected chi connectivity index (χ3v) is 2.13. The van der Waals surface area contributed by atoms with E-state index in [9.17, 15) is 13.6 Å². The number of ether oxygens (including phenoxy) is 1. The van der Waals surface area contributed by atoms with E-state index in [1.165, 1.54) is 0 Å². The molecule has 0 aromatic rings. The number of carbonyl (C=O) groups is 1. The number of rotatable bonds is 5. The molecule has 5 nitrogen and oxygen atoms in total. The molecule has 1 unspecified atom stereocenters. The van der Waals surface area contributed by atoms with E-state index in [1.54, 1.807) is 0 Å². The van der Waals surface area contributed by atoms with Crippen molar-refractivity contribution < 1.29 is 28.5 Å². The van der Waals surface area contributed by atoms with Gasteiger partial charge in [-0.1, -0.05) is 0 Å². The van der Waals surface area contributed by atoms with Crippen LogP contribution in [-0.4, -0.2) is 54.0 Å². The molecule has 88 valence electrons. The standard InChI is InChI=1S/C8H13F2NO4/c9-8(10)1-6(15-7(8)14)2-11-5(3-12)4-13/h5-6,11-13H,1-4H2. The molecule has 0 bridgehead atoms. The van der Waals surface area contributed by atoms with Crippen molar-refractivity contribution in [3.63, 3.8) is 0 Å². The van der Waals surface area contributed by atoms with E-state index < -0.39 is 30.5 Å². The number of alkyl halides is 2. The van der Waals surface area contributed by atoms with Crippen LogP contribution in [0.3, 0.4) is 0 Å². The molecule has 0 spiro atoms. The Morgan fingerprint density at radius 1 is 1.53 bits per heavy atom. The van der Waals surface area contributed by atoms with Gasteiger partial charge in [-0.05, 0) is 0 Å². The number of aliphatic hydroxyl groups is 2. The van der Waals surface area contributed by atoms with Crippen molar-refractivity contribution in [3.05, 3.63) is 0 Å². The second-order valence-electron chi connectivity index (χ2n) is 3.41.